The van der Waals surface area contributed by atoms with E-state index >= 15 is 0 Å². The number of carbonyl (C=O) groups excluding carboxylic acids is 1. The lowest BCUT2D eigenvalue weighted by molar-refractivity contribution is -0.122. The third-order valence-corrected chi connectivity index (χ3v) is 6.55. The van der Waals surface area contributed by atoms with Crippen LogP contribution in [0.5, 0.6) is 5.88 Å². The highest BCUT2D eigenvalue weighted by Crippen LogP contribution is 2.31. The number of benzene rings is 1. The summed E-state index contributed by atoms with van der Waals surface area (Å²) in [6, 6.07) is 7.76. The molecule has 0 saturated carbocycles. The number of methoxy groups -OCH3 is 1. The fourth-order valence-electron chi connectivity index (χ4n) is 4.43. The average molecular weight is 449 g/mol. The van der Waals surface area contributed by atoms with Crippen LogP contribution in [0.2, 0.25) is 0 Å². The molecule has 3 aromatic heterocycles. The summed E-state index contributed by atoms with van der Waals surface area (Å²) in [6.07, 6.45) is 1.89. The Morgan fingerprint density at radius 1 is 1.24 bits per heavy atom. The van der Waals surface area contributed by atoms with E-state index in [1.54, 1.807) is 11.8 Å². The number of nitrogens with zero attached hydrogens (tertiary/aromatic N) is 4. The summed E-state index contributed by atoms with van der Waals surface area (Å²) in [5.41, 5.74) is 5.71. The average Bonchev–Trinajstić information content (AvgIpc) is 3.37. The molecule has 8 heteroatoms. The van der Waals surface area contributed by atoms with Crippen LogP contribution in [0.4, 0.5) is 0 Å². The second-order valence-electron chi connectivity index (χ2n) is 8.70. The number of H-pyrrole nitrogens is 1. The van der Waals surface area contributed by atoms with Crippen molar-refractivity contribution in [1.29, 1.82) is 0 Å². The monoisotopic (exact) mass is 448 g/mol. The van der Waals surface area contributed by atoms with Crippen LogP contribution in [-0.2, 0) is 18.3 Å². The van der Waals surface area contributed by atoms with Gasteiger partial charge in [0.25, 0.3) is 0 Å². The first-order chi connectivity index (χ1) is 15.8. The van der Waals surface area contributed by atoms with Crippen molar-refractivity contribution in [2.24, 2.45) is 13.0 Å². The number of nitrogens with one attached hydrogen (secondary N) is 2. The first kappa shape index (κ1) is 22.8. The number of fused-ring (bicyclic) bond motifs is 2. The molecule has 4 aromatic rings. The Morgan fingerprint density at radius 2 is 2.00 bits per heavy atom. The molecule has 0 aliphatic rings. The maximum absolute atomic E-state index is 13.0. The van der Waals surface area contributed by atoms with Crippen LogP contribution in [0, 0.1) is 19.8 Å². The molecule has 1 amide bonds. The molecule has 8 nitrogen and oxygen atoms in total. The van der Waals surface area contributed by atoms with Crippen LogP contribution in [0.15, 0.2) is 24.3 Å². The second-order valence-corrected chi connectivity index (χ2v) is 8.70. The van der Waals surface area contributed by atoms with Gasteiger partial charge in [0.15, 0.2) is 5.65 Å². The van der Waals surface area contributed by atoms with E-state index in [-0.39, 0.29) is 17.9 Å². The molecule has 0 aliphatic carbocycles. The van der Waals surface area contributed by atoms with Gasteiger partial charge in [-0.25, -0.2) is 14.6 Å². The molecule has 1 aromatic carbocycles. The number of aromatic nitrogens is 5. The molecule has 3 heterocycles. The Morgan fingerprint density at radius 3 is 2.70 bits per heavy atom. The number of rotatable bonds is 8. The zero-order chi connectivity index (χ0) is 23.7. The number of hydrogen-bond acceptors (Lipinski definition) is 5. The van der Waals surface area contributed by atoms with Gasteiger partial charge in [0, 0.05) is 19.2 Å². The predicted molar refractivity (Wildman–Crippen MR) is 129 cm³/mol. The Balaban J connectivity index is 1.54. The van der Waals surface area contributed by atoms with Crippen molar-refractivity contribution in [3.8, 4) is 5.88 Å². The molecule has 0 radical (unpaired) electrons. The number of hydrogen-bond donors (Lipinski definition) is 2. The Bertz CT molecular complexity index is 1270. The van der Waals surface area contributed by atoms with E-state index < -0.39 is 0 Å². The quantitative estimate of drug-likeness (QED) is 0.419. The first-order valence-corrected chi connectivity index (χ1v) is 11.4. The van der Waals surface area contributed by atoms with E-state index in [2.05, 4.69) is 29.2 Å². The summed E-state index contributed by atoms with van der Waals surface area (Å²) in [5.74, 6) is 1.60. The molecule has 4 rings (SSSR count). The van der Waals surface area contributed by atoms with Crippen LogP contribution in [-0.4, -0.2) is 37.7 Å². The highest BCUT2D eigenvalue weighted by Gasteiger charge is 2.24. The molecule has 0 spiro atoms. The highest BCUT2D eigenvalue weighted by atomic mass is 16.5. The fraction of sp³-hybridized carbons (Fsp3) is 0.440. The molecule has 0 aliphatic heterocycles. The number of aromatic amines is 1. The molecule has 0 saturated heterocycles. The largest absolute Gasteiger partial charge is 0.479 e. The normalized spacial score (nSPS) is 13.4. The van der Waals surface area contributed by atoms with Gasteiger partial charge in [0.2, 0.25) is 11.8 Å². The van der Waals surface area contributed by atoms with Gasteiger partial charge in [-0.2, -0.15) is 0 Å². The number of carbonyl (C=O) groups is 1. The Labute approximate surface area is 193 Å². The second kappa shape index (κ2) is 9.21. The van der Waals surface area contributed by atoms with E-state index in [4.69, 9.17) is 14.7 Å². The van der Waals surface area contributed by atoms with Crippen molar-refractivity contribution in [2.75, 3.05) is 7.11 Å². The van der Waals surface area contributed by atoms with Crippen molar-refractivity contribution in [1.82, 2.24) is 30.0 Å². The summed E-state index contributed by atoms with van der Waals surface area (Å²) < 4.78 is 7.18. The topological polar surface area (TPSA) is 97.7 Å². The molecule has 2 atom stereocenters. The van der Waals surface area contributed by atoms with Gasteiger partial charge < -0.3 is 15.0 Å². The van der Waals surface area contributed by atoms with E-state index in [1.165, 1.54) is 0 Å². The van der Waals surface area contributed by atoms with Gasteiger partial charge in [-0.05, 0) is 49.4 Å². The molecular weight excluding hydrogens is 416 g/mol. The van der Waals surface area contributed by atoms with E-state index in [9.17, 15) is 4.79 Å². The maximum Gasteiger partial charge on any atom is 0.242 e. The summed E-state index contributed by atoms with van der Waals surface area (Å²) in [7, 11) is 3.47. The molecule has 0 fully saturated rings. The van der Waals surface area contributed by atoms with Gasteiger partial charge in [-0.3, -0.25) is 4.79 Å². The lowest BCUT2D eigenvalue weighted by atomic mass is 9.97. The van der Waals surface area contributed by atoms with E-state index in [1.807, 2.05) is 45.2 Å². The van der Waals surface area contributed by atoms with Gasteiger partial charge in [0.1, 0.15) is 5.82 Å². The third-order valence-electron chi connectivity index (χ3n) is 6.55. The molecule has 2 unspecified atom stereocenters. The third kappa shape index (κ3) is 4.29. The van der Waals surface area contributed by atoms with Crippen molar-refractivity contribution < 1.29 is 9.53 Å². The molecule has 2 N–H and O–H groups in total. The number of para-hydroxylation sites is 2. The summed E-state index contributed by atoms with van der Waals surface area (Å²) in [6.45, 7) is 8.29. The minimum atomic E-state index is -0.170. The lowest BCUT2D eigenvalue weighted by Crippen LogP contribution is -2.33. The van der Waals surface area contributed by atoms with Gasteiger partial charge in [-0.15, -0.1) is 5.10 Å². The van der Waals surface area contributed by atoms with Crippen LogP contribution < -0.4 is 10.1 Å². The lowest BCUT2D eigenvalue weighted by Gasteiger charge is -2.22. The zero-order valence-corrected chi connectivity index (χ0v) is 20.2. The molecular formula is C25H32N6O2. The van der Waals surface area contributed by atoms with Gasteiger partial charge in [-0.1, -0.05) is 32.4 Å². The molecule has 33 heavy (non-hydrogen) atoms. The van der Waals surface area contributed by atoms with Crippen LogP contribution in [0.3, 0.4) is 0 Å². The van der Waals surface area contributed by atoms with E-state index in [0.717, 1.165) is 51.1 Å². The Hall–Kier alpha value is -3.42. The predicted octanol–water partition coefficient (Wildman–Crippen LogP) is 4.31. The number of aryl methyl sites for hydroxylation is 3. The van der Waals surface area contributed by atoms with Crippen molar-refractivity contribution in [3.05, 3.63) is 46.9 Å². The fourth-order valence-corrected chi connectivity index (χ4v) is 4.43. The minimum absolute atomic E-state index is 0.00203. The van der Waals surface area contributed by atoms with Gasteiger partial charge >= 0.3 is 0 Å². The first-order valence-electron chi connectivity index (χ1n) is 11.4. The highest BCUT2D eigenvalue weighted by molar-refractivity contribution is 5.86. The summed E-state index contributed by atoms with van der Waals surface area (Å²) in [5, 5.41) is 8.54. The SMILES string of the molecule is CCC(C)C(NC(=O)CCc1c(C)nc2c(c(OC)nn2C)c1C)c1nc2ccccc2[nH]1. The van der Waals surface area contributed by atoms with Crippen molar-refractivity contribution in [2.45, 2.75) is 53.0 Å². The summed E-state index contributed by atoms with van der Waals surface area (Å²) in [4.78, 5) is 25.9. The number of amides is 1. The smallest absolute Gasteiger partial charge is 0.242 e. The standard InChI is InChI=1S/C25H32N6O2/c1-7-14(2)22(23-27-18-10-8-9-11-19(18)28-23)29-20(32)13-12-17-15(3)21-24(26-16(17)4)31(5)30-25(21)33-6/h8-11,14,22H,7,12-13H2,1-6H3,(H,27,28)(H,29,32). The van der Waals surface area contributed by atoms with Crippen LogP contribution >= 0.6 is 0 Å². The number of ether oxygens (including phenoxy) is 1. The molecule has 0 bridgehead atoms. The Kier molecular flexibility index (Phi) is 6.35. The van der Waals surface area contributed by atoms with Crippen LogP contribution in [0.25, 0.3) is 22.1 Å². The zero-order valence-electron chi connectivity index (χ0n) is 20.2. The summed E-state index contributed by atoms with van der Waals surface area (Å²) >= 11 is 0. The van der Waals surface area contributed by atoms with Crippen molar-refractivity contribution >= 4 is 28.0 Å². The van der Waals surface area contributed by atoms with Crippen molar-refractivity contribution in [3.63, 3.8) is 0 Å². The van der Waals surface area contributed by atoms with E-state index in [0.29, 0.717) is 18.7 Å². The minimum Gasteiger partial charge on any atom is -0.479 e. The molecule has 174 valence electrons. The maximum atomic E-state index is 13.0. The number of pyridine rings is 1. The van der Waals surface area contributed by atoms with Gasteiger partial charge in [0.05, 0.1) is 29.6 Å². The van der Waals surface area contributed by atoms with Crippen LogP contribution in [0.1, 0.15) is 55.4 Å². The number of imidazole rings is 1.